The van der Waals surface area contributed by atoms with Crippen LogP contribution in [0.1, 0.15) is 50.4 Å². The maximum Gasteiger partial charge on any atom is 0.295 e. The van der Waals surface area contributed by atoms with Crippen molar-refractivity contribution >= 4 is 17.4 Å². The Labute approximate surface area is 196 Å². The van der Waals surface area contributed by atoms with Gasteiger partial charge in [0.1, 0.15) is 11.5 Å². The summed E-state index contributed by atoms with van der Waals surface area (Å²) in [4.78, 5) is 30.0. The molecule has 1 aliphatic heterocycles. The predicted molar refractivity (Wildman–Crippen MR) is 130 cm³/mol. The third-order valence-corrected chi connectivity index (χ3v) is 5.98. The molecule has 0 radical (unpaired) electrons. The van der Waals surface area contributed by atoms with Gasteiger partial charge in [0.25, 0.3) is 11.7 Å². The van der Waals surface area contributed by atoms with Crippen LogP contribution in [0.3, 0.4) is 0 Å². The quantitative estimate of drug-likeness (QED) is 0.345. The molecule has 0 saturated carbocycles. The molecule has 2 aromatic rings. The average molecular weight is 451 g/mol. The van der Waals surface area contributed by atoms with Crippen LogP contribution in [0, 0.1) is 6.92 Å². The van der Waals surface area contributed by atoms with E-state index in [0.717, 1.165) is 24.2 Å². The van der Waals surface area contributed by atoms with E-state index in [9.17, 15) is 14.7 Å². The van der Waals surface area contributed by atoms with Crippen LogP contribution in [0.25, 0.3) is 5.76 Å². The number of carbonyl (C=O) groups is 2. The highest BCUT2D eigenvalue weighted by Gasteiger charge is 2.45. The number of aliphatic hydroxyl groups excluding tert-OH is 1. The van der Waals surface area contributed by atoms with Gasteiger partial charge in [-0.1, -0.05) is 55.8 Å². The number of rotatable bonds is 9. The Balaban J connectivity index is 2.06. The summed E-state index contributed by atoms with van der Waals surface area (Å²) in [5, 5.41) is 11.1. The Morgan fingerprint density at radius 1 is 1.03 bits per heavy atom. The molecular weight excluding hydrogens is 416 g/mol. The molecule has 3 rings (SSSR count). The minimum absolute atomic E-state index is 0.0390. The molecule has 0 unspecified atom stereocenters. The first kappa shape index (κ1) is 24.5. The fourth-order valence-electron chi connectivity index (χ4n) is 4.11. The van der Waals surface area contributed by atoms with E-state index in [-0.39, 0.29) is 17.4 Å². The van der Waals surface area contributed by atoms with E-state index in [1.165, 1.54) is 0 Å². The molecule has 33 heavy (non-hydrogen) atoms. The van der Waals surface area contributed by atoms with E-state index < -0.39 is 17.7 Å². The van der Waals surface area contributed by atoms with Gasteiger partial charge in [-0.2, -0.15) is 0 Å². The van der Waals surface area contributed by atoms with Gasteiger partial charge in [0, 0.05) is 18.7 Å². The molecule has 1 atom stereocenters. The number of hydrogen-bond acceptors (Lipinski definition) is 5. The Bertz CT molecular complexity index is 1010. The molecule has 176 valence electrons. The van der Waals surface area contributed by atoms with E-state index in [2.05, 4.69) is 18.7 Å². The van der Waals surface area contributed by atoms with Gasteiger partial charge in [-0.05, 0) is 51.6 Å². The lowest BCUT2D eigenvalue weighted by Crippen LogP contribution is -2.38. The highest BCUT2D eigenvalue weighted by Crippen LogP contribution is 2.39. The number of aryl methyl sites for hydroxylation is 1. The lowest BCUT2D eigenvalue weighted by atomic mass is 9.95. The van der Waals surface area contributed by atoms with Crippen LogP contribution in [0.15, 0.2) is 54.1 Å². The number of hydrogen-bond donors (Lipinski definition) is 1. The van der Waals surface area contributed by atoms with Gasteiger partial charge in [-0.3, -0.25) is 9.59 Å². The molecule has 0 bridgehead atoms. The zero-order valence-corrected chi connectivity index (χ0v) is 20.2. The number of aliphatic hydroxyl groups is 1. The number of likely N-dealkylation sites (N-methyl/N-ethyl adjacent to an activating group) is 1. The maximum absolute atomic E-state index is 13.1. The monoisotopic (exact) mass is 450 g/mol. The van der Waals surface area contributed by atoms with Gasteiger partial charge in [0.2, 0.25) is 0 Å². The molecule has 2 aromatic carbocycles. The summed E-state index contributed by atoms with van der Waals surface area (Å²) >= 11 is 0. The molecule has 1 saturated heterocycles. The Hall–Kier alpha value is -3.12. The van der Waals surface area contributed by atoms with E-state index in [0.29, 0.717) is 24.4 Å². The van der Waals surface area contributed by atoms with E-state index in [1.54, 1.807) is 17.0 Å². The second kappa shape index (κ2) is 10.7. The minimum atomic E-state index is -0.657. The highest BCUT2D eigenvalue weighted by molar-refractivity contribution is 6.46. The zero-order valence-electron chi connectivity index (χ0n) is 20.2. The molecule has 1 N–H and O–H groups in total. The van der Waals surface area contributed by atoms with Crippen molar-refractivity contribution in [2.75, 3.05) is 26.2 Å². The van der Waals surface area contributed by atoms with Crippen LogP contribution < -0.4 is 4.74 Å². The number of nitrogens with zero attached hydrogens (tertiary/aromatic N) is 2. The highest BCUT2D eigenvalue weighted by atomic mass is 16.5. The second-order valence-electron chi connectivity index (χ2n) is 8.62. The normalized spacial score (nSPS) is 17.9. The first-order valence-electron chi connectivity index (χ1n) is 11.6. The first-order valence-corrected chi connectivity index (χ1v) is 11.6. The van der Waals surface area contributed by atoms with Crippen molar-refractivity contribution in [3.8, 4) is 5.75 Å². The van der Waals surface area contributed by atoms with Crippen molar-refractivity contribution in [1.82, 2.24) is 9.80 Å². The lowest BCUT2D eigenvalue weighted by Gasteiger charge is -2.28. The summed E-state index contributed by atoms with van der Waals surface area (Å²) in [5.74, 6) is -0.665. The Morgan fingerprint density at radius 3 is 2.18 bits per heavy atom. The van der Waals surface area contributed by atoms with Crippen LogP contribution in [0.2, 0.25) is 0 Å². The van der Waals surface area contributed by atoms with Gasteiger partial charge in [-0.25, -0.2) is 0 Å². The van der Waals surface area contributed by atoms with Crippen molar-refractivity contribution in [1.29, 1.82) is 0 Å². The van der Waals surface area contributed by atoms with Crippen molar-refractivity contribution in [3.63, 3.8) is 0 Å². The number of ketones is 1. The molecule has 1 amide bonds. The SMILES string of the molecule is CCN(CC)CCN1C(=O)C(=O)C(=C(O)c2ccc(C)cc2)[C@@H]1c1ccc(OC(C)C)cc1. The smallest absolute Gasteiger partial charge is 0.295 e. The molecular formula is C27H34N2O4. The van der Waals surface area contributed by atoms with Crippen molar-refractivity contribution in [2.24, 2.45) is 0 Å². The zero-order chi connectivity index (χ0) is 24.1. The first-order chi connectivity index (χ1) is 15.8. The minimum Gasteiger partial charge on any atom is -0.507 e. The fraction of sp³-hybridized carbons (Fsp3) is 0.407. The molecule has 6 heteroatoms. The van der Waals surface area contributed by atoms with Gasteiger partial charge in [0.15, 0.2) is 0 Å². The summed E-state index contributed by atoms with van der Waals surface area (Å²) < 4.78 is 5.75. The Morgan fingerprint density at radius 2 is 1.64 bits per heavy atom. The molecule has 0 aromatic heterocycles. The number of Topliss-reactive ketones (excluding diaryl/α,β-unsaturated/α-hetero) is 1. The molecule has 0 aliphatic carbocycles. The van der Waals surface area contributed by atoms with Crippen molar-refractivity contribution in [2.45, 2.75) is 46.8 Å². The topological polar surface area (TPSA) is 70.1 Å². The summed E-state index contributed by atoms with van der Waals surface area (Å²) in [6, 6.07) is 14.0. The summed E-state index contributed by atoms with van der Waals surface area (Å²) in [5.41, 5.74) is 2.45. The molecule has 1 fully saturated rings. The van der Waals surface area contributed by atoms with Gasteiger partial charge < -0.3 is 19.6 Å². The number of likely N-dealkylation sites (tertiary alicyclic amines) is 1. The number of benzene rings is 2. The van der Waals surface area contributed by atoms with Gasteiger partial charge in [0.05, 0.1) is 17.7 Å². The Kier molecular flexibility index (Phi) is 7.92. The molecule has 1 heterocycles. The standard InChI is InChI=1S/C27H34N2O4/c1-6-28(7-2)16-17-29-24(20-12-14-22(15-13-20)33-18(3)4)23(26(31)27(29)32)25(30)21-10-8-19(5)9-11-21/h8-15,18,24,30H,6-7,16-17H2,1-5H3/t24-/m0/s1. The summed E-state index contributed by atoms with van der Waals surface area (Å²) in [6.45, 7) is 12.8. The van der Waals surface area contributed by atoms with Crippen LogP contribution >= 0.6 is 0 Å². The van der Waals surface area contributed by atoms with Gasteiger partial charge in [-0.15, -0.1) is 0 Å². The fourth-order valence-corrected chi connectivity index (χ4v) is 4.11. The van der Waals surface area contributed by atoms with E-state index in [4.69, 9.17) is 4.74 Å². The van der Waals surface area contributed by atoms with E-state index >= 15 is 0 Å². The van der Waals surface area contributed by atoms with Crippen LogP contribution in [-0.2, 0) is 9.59 Å². The average Bonchev–Trinajstić information content (AvgIpc) is 3.05. The molecule has 6 nitrogen and oxygen atoms in total. The third kappa shape index (κ3) is 5.45. The number of amides is 1. The molecule has 1 aliphatic rings. The summed E-state index contributed by atoms with van der Waals surface area (Å²) in [7, 11) is 0. The second-order valence-corrected chi connectivity index (χ2v) is 8.62. The van der Waals surface area contributed by atoms with Gasteiger partial charge >= 0.3 is 0 Å². The number of ether oxygens (including phenoxy) is 1. The third-order valence-electron chi connectivity index (χ3n) is 5.98. The summed E-state index contributed by atoms with van der Waals surface area (Å²) in [6.07, 6.45) is 0.0390. The van der Waals surface area contributed by atoms with Crippen LogP contribution in [-0.4, -0.2) is 58.9 Å². The van der Waals surface area contributed by atoms with Crippen LogP contribution in [0.5, 0.6) is 5.75 Å². The van der Waals surface area contributed by atoms with Crippen molar-refractivity contribution < 1.29 is 19.4 Å². The maximum atomic E-state index is 13.1. The lowest BCUT2D eigenvalue weighted by molar-refractivity contribution is -0.140. The largest absolute Gasteiger partial charge is 0.507 e. The number of carbonyl (C=O) groups excluding carboxylic acids is 2. The van der Waals surface area contributed by atoms with Crippen molar-refractivity contribution in [3.05, 3.63) is 70.8 Å². The van der Waals surface area contributed by atoms with E-state index in [1.807, 2.05) is 57.2 Å². The predicted octanol–water partition coefficient (Wildman–Crippen LogP) is 4.55. The van der Waals surface area contributed by atoms with Crippen LogP contribution in [0.4, 0.5) is 0 Å². The molecule has 0 spiro atoms.